The van der Waals surface area contributed by atoms with E-state index in [9.17, 15) is 27.6 Å². The highest BCUT2D eigenvalue weighted by Crippen LogP contribution is 2.31. The van der Waals surface area contributed by atoms with Crippen LogP contribution < -0.4 is 10.6 Å². The first-order chi connectivity index (χ1) is 11.4. The molecule has 0 spiro atoms. The Bertz CT molecular complexity index is 657. The zero-order valence-electron chi connectivity index (χ0n) is 13.7. The molecule has 0 heterocycles. The van der Waals surface area contributed by atoms with Crippen molar-refractivity contribution in [3.8, 4) is 0 Å². The van der Waals surface area contributed by atoms with E-state index in [4.69, 9.17) is 5.11 Å². The molecule has 1 aromatic rings. The summed E-state index contributed by atoms with van der Waals surface area (Å²) in [6, 6.07) is 4.26. The number of nitrogens with one attached hydrogen (secondary N) is 2. The topological polar surface area (TPSA) is 95.5 Å². The first-order valence-electron chi connectivity index (χ1n) is 7.39. The first kappa shape index (κ1) is 20.5. The Hall–Kier alpha value is -2.58. The molecule has 0 unspecified atom stereocenters. The second kappa shape index (κ2) is 8.00. The van der Waals surface area contributed by atoms with Crippen LogP contribution in [-0.4, -0.2) is 35.0 Å². The second-order valence-corrected chi connectivity index (χ2v) is 6.05. The van der Waals surface area contributed by atoms with Crippen molar-refractivity contribution in [2.75, 3.05) is 6.54 Å². The minimum atomic E-state index is -4.69. The van der Waals surface area contributed by atoms with Crippen LogP contribution in [0, 0.1) is 0 Å². The lowest BCUT2D eigenvalue weighted by molar-refractivity contribution is -0.138. The summed E-state index contributed by atoms with van der Waals surface area (Å²) in [6.07, 6.45) is -4.67. The molecule has 3 N–H and O–H groups in total. The van der Waals surface area contributed by atoms with Crippen LogP contribution in [-0.2, 0) is 15.8 Å². The van der Waals surface area contributed by atoms with Gasteiger partial charge in [-0.3, -0.25) is 14.4 Å². The second-order valence-electron chi connectivity index (χ2n) is 6.05. The summed E-state index contributed by atoms with van der Waals surface area (Å²) >= 11 is 0. The highest BCUT2D eigenvalue weighted by atomic mass is 19.4. The van der Waals surface area contributed by atoms with E-state index in [-0.39, 0.29) is 12.8 Å². The Kier molecular flexibility index (Phi) is 6.55. The number of alkyl halides is 3. The van der Waals surface area contributed by atoms with Crippen molar-refractivity contribution in [2.45, 2.75) is 38.4 Å². The standard InChI is InChI=1S/C16H19F3N2O4/c1-15(2,8-7-13(23)24)21-12(22)9-20-14(25)10-5-3-4-6-11(10)16(17,18)19/h3-6H,7-9H2,1-2H3,(H,20,25)(H,21,22)(H,23,24). The van der Waals surface area contributed by atoms with E-state index in [2.05, 4.69) is 10.6 Å². The van der Waals surface area contributed by atoms with Gasteiger partial charge in [-0.15, -0.1) is 0 Å². The molecule has 1 aromatic carbocycles. The molecular weight excluding hydrogens is 341 g/mol. The van der Waals surface area contributed by atoms with Gasteiger partial charge in [0, 0.05) is 12.0 Å². The molecule has 1 rings (SSSR count). The summed E-state index contributed by atoms with van der Waals surface area (Å²) in [6.45, 7) is 2.69. The molecule has 0 bridgehead atoms. The number of amides is 2. The van der Waals surface area contributed by atoms with E-state index in [0.29, 0.717) is 0 Å². The van der Waals surface area contributed by atoms with Gasteiger partial charge in [-0.1, -0.05) is 12.1 Å². The van der Waals surface area contributed by atoms with Crippen LogP contribution in [0.15, 0.2) is 24.3 Å². The summed E-state index contributed by atoms with van der Waals surface area (Å²) in [7, 11) is 0. The monoisotopic (exact) mass is 360 g/mol. The fraction of sp³-hybridized carbons (Fsp3) is 0.438. The number of benzene rings is 1. The molecule has 0 fully saturated rings. The molecule has 0 saturated heterocycles. The summed E-state index contributed by atoms with van der Waals surface area (Å²) in [5.41, 5.74) is -2.49. The summed E-state index contributed by atoms with van der Waals surface area (Å²) in [5, 5.41) is 13.3. The third-order valence-electron chi connectivity index (χ3n) is 3.33. The van der Waals surface area contributed by atoms with Crippen molar-refractivity contribution >= 4 is 17.8 Å². The molecule has 0 radical (unpaired) electrons. The van der Waals surface area contributed by atoms with E-state index in [0.717, 1.165) is 18.2 Å². The lowest BCUT2D eigenvalue weighted by atomic mass is 9.98. The Labute approximate surface area is 142 Å². The number of carboxylic acid groups (broad SMARTS) is 1. The molecular formula is C16H19F3N2O4. The summed E-state index contributed by atoms with van der Waals surface area (Å²) in [5.74, 6) is -2.67. The van der Waals surface area contributed by atoms with Gasteiger partial charge >= 0.3 is 12.1 Å². The van der Waals surface area contributed by atoms with E-state index in [1.165, 1.54) is 6.07 Å². The Morgan fingerprint density at radius 1 is 1.12 bits per heavy atom. The predicted molar refractivity (Wildman–Crippen MR) is 82.9 cm³/mol. The van der Waals surface area contributed by atoms with E-state index >= 15 is 0 Å². The van der Waals surface area contributed by atoms with Crippen LogP contribution in [0.4, 0.5) is 13.2 Å². The fourth-order valence-corrected chi connectivity index (χ4v) is 2.09. The molecule has 9 heteroatoms. The lowest BCUT2D eigenvalue weighted by Crippen LogP contribution is -2.48. The number of hydrogen-bond donors (Lipinski definition) is 3. The van der Waals surface area contributed by atoms with Gasteiger partial charge in [0.1, 0.15) is 0 Å². The maximum atomic E-state index is 12.9. The fourth-order valence-electron chi connectivity index (χ4n) is 2.09. The van der Waals surface area contributed by atoms with E-state index < -0.39 is 47.2 Å². The third-order valence-corrected chi connectivity index (χ3v) is 3.33. The molecule has 138 valence electrons. The maximum Gasteiger partial charge on any atom is 0.417 e. The SMILES string of the molecule is CC(C)(CCC(=O)O)NC(=O)CNC(=O)c1ccccc1C(F)(F)F. The number of carbonyl (C=O) groups excluding carboxylic acids is 2. The Morgan fingerprint density at radius 3 is 2.28 bits per heavy atom. The van der Waals surface area contributed by atoms with Crippen molar-refractivity contribution < 1.29 is 32.7 Å². The van der Waals surface area contributed by atoms with Gasteiger partial charge in [0.15, 0.2) is 0 Å². The van der Waals surface area contributed by atoms with Gasteiger partial charge in [0.05, 0.1) is 17.7 Å². The number of carbonyl (C=O) groups is 3. The molecule has 0 saturated carbocycles. The normalized spacial score (nSPS) is 11.7. The minimum absolute atomic E-state index is 0.154. The van der Waals surface area contributed by atoms with E-state index in [1.807, 2.05) is 0 Å². The number of aliphatic carboxylic acids is 1. The Balaban J connectivity index is 2.65. The quantitative estimate of drug-likeness (QED) is 0.695. The van der Waals surface area contributed by atoms with Gasteiger partial charge in [-0.25, -0.2) is 0 Å². The predicted octanol–water partition coefficient (Wildman–Crippen LogP) is 2.19. The lowest BCUT2D eigenvalue weighted by Gasteiger charge is -2.25. The summed E-state index contributed by atoms with van der Waals surface area (Å²) < 4.78 is 38.6. The highest BCUT2D eigenvalue weighted by molar-refractivity contribution is 5.97. The molecule has 2 amide bonds. The number of halogens is 3. The van der Waals surface area contributed by atoms with Crippen molar-refractivity contribution in [1.29, 1.82) is 0 Å². The van der Waals surface area contributed by atoms with Gasteiger partial charge in [0.2, 0.25) is 5.91 Å². The van der Waals surface area contributed by atoms with Gasteiger partial charge in [-0.05, 0) is 32.4 Å². The molecule has 0 aliphatic carbocycles. The maximum absolute atomic E-state index is 12.9. The number of hydrogen-bond acceptors (Lipinski definition) is 3. The average Bonchev–Trinajstić information content (AvgIpc) is 2.49. The van der Waals surface area contributed by atoms with Crippen molar-refractivity contribution in [3.05, 3.63) is 35.4 Å². The molecule has 0 aromatic heterocycles. The third kappa shape index (κ3) is 6.82. The molecule has 0 aliphatic heterocycles. The number of rotatable bonds is 7. The van der Waals surface area contributed by atoms with Crippen LogP contribution in [0.5, 0.6) is 0 Å². The van der Waals surface area contributed by atoms with Crippen LogP contribution in [0.3, 0.4) is 0 Å². The van der Waals surface area contributed by atoms with Gasteiger partial charge in [-0.2, -0.15) is 13.2 Å². The van der Waals surface area contributed by atoms with Gasteiger partial charge < -0.3 is 15.7 Å². The molecule has 25 heavy (non-hydrogen) atoms. The van der Waals surface area contributed by atoms with Gasteiger partial charge in [0.25, 0.3) is 5.91 Å². The van der Waals surface area contributed by atoms with Crippen molar-refractivity contribution in [1.82, 2.24) is 10.6 Å². The van der Waals surface area contributed by atoms with Crippen molar-refractivity contribution in [2.24, 2.45) is 0 Å². The smallest absolute Gasteiger partial charge is 0.417 e. The Morgan fingerprint density at radius 2 is 1.72 bits per heavy atom. The molecule has 0 aliphatic rings. The molecule has 6 nitrogen and oxygen atoms in total. The minimum Gasteiger partial charge on any atom is -0.481 e. The van der Waals surface area contributed by atoms with Crippen LogP contribution in [0.2, 0.25) is 0 Å². The highest BCUT2D eigenvalue weighted by Gasteiger charge is 2.34. The average molecular weight is 360 g/mol. The summed E-state index contributed by atoms with van der Waals surface area (Å²) in [4.78, 5) is 34.3. The van der Waals surface area contributed by atoms with E-state index in [1.54, 1.807) is 13.8 Å². The molecule has 0 atom stereocenters. The van der Waals surface area contributed by atoms with Crippen LogP contribution >= 0.6 is 0 Å². The van der Waals surface area contributed by atoms with Crippen molar-refractivity contribution in [3.63, 3.8) is 0 Å². The zero-order chi connectivity index (χ0) is 19.3. The largest absolute Gasteiger partial charge is 0.481 e. The zero-order valence-corrected chi connectivity index (χ0v) is 13.7. The van der Waals surface area contributed by atoms with Crippen LogP contribution in [0.1, 0.15) is 42.6 Å². The number of carboxylic acids is 1. The van der Waals surface area contributed by atoms with Crippen LogP contribution in [0.25, 0.3) is 0 Å². The first-order valence-corrected chi connectivity index (χ1v) is 7.39.